The van der Waals surface area contributed by atoms with E-state index in [1.165, 1.54) is 23.3 Å². The van der Waals surface area contributed by atoms with Crippen molar-refractivity contribution in [2.45, 2.75) is 22.4 Å². The number of nitro benzene ring substituents is 1. The van der Waals surface area contributed by atoms with E-state index in [4.69, 9.17) is 11.6 Å². The first-order chi connectivity index (χ1) is 26.4. The van der Waals surface area contributed by atoms with Crippen LogP contribution < -0.4 is 14.9 Å². The highest BCUT2D eigenvalue weighted by Crippen LogP contribution is 2.30. The average Bonchev–Trinajstić information content (AvgIpc) is 3.18. The highest BCUT2D eigenvalue weighted by Gasteiger charge is 2.26. The number of nitrogens with zero attached hydrogens (tertiary/aromatic N) is 4. The summed E-state index contributed by atoms with van der Waals surface area (Å²) in [5, 5.41) is 16.1. The Hall–Kier alpha value is -4.92. The van der Waals surface area contributed by atoms with Gasteiger partial charge in [-0.1, -0.05) is 66.2 Å². The molecule has 1 amide bonds. The average molecular weight is 799 g/mol. The number of halogens is 1. The fourth-order valence-electron chi connectivity index (χ4n) is 6.50. The van der Waals surface area contributed by atoms with E-state index in [1.54, 1.807) is 36.0 Å². The van der Waals surface area contributed by atoms with Crippen LogP contribution in [-0.4, -0.2) is 87.7 Å². The number of carbonyl (C=O) groups is 1. The van der Waals surface area contributed by atoms with Gasteiger partial charge in [-0.3, -0.25) is 19.8 Å². The molecule has 11 nitrogen and oxygen atoms in total. The van der Waals surface area contributed by atoms with Crippen LogP contribution in [-0.2, 0) is 16.6 Å². The number of piperazine rings is 1. The number of amides is 1. The number of carbonyl (C=O) groups excluding carboxylic acids is 1. The van der Waals surface area contributed by atoms with Gasteiger partial charge in [0.25, 0.3) is 21.6 Å². The van der Waals surface area contributed by atoms with Gasteiger partial charge in [-0.2, -0.15) is 0 Å². The van der Waals surface area contributed by atoms with Gasteiger partial charge in [0.15, 0.2) is 0 Å². The Morgan fingerprint density at radius 2 is 1.56 bits per heavy atom. The zero-order chi connectivity index (χ0) is 39.0. The summed E-state index contributed by atoms with van der Waals surface area (Å²) in [5.41, 5.74) is 4.42. The molecule has 0 spiro atoms. The minimum atomic E-state index is -4.43. The van der Waals surface area contributed by atoms with Crippen LogP contribution in [0.5, 0.6) is 0 Å². The summed E-state index contributed by atoms with van der Waals surface area (Å²) in [6.07, 6.45) is 0. The Morgan fingerprint density at radius 1 is 0.891 bits per heavy atom. The van der Waals surface area contributed by atoms with Crippen molar-refractivity contribution in [1.82, 2.24) is 14.5 Å². The second-order valence-corrected chi connectivity index (χ2v) is 16.8. The first-order valence-corrected chi connectivity index (χ1v) is 20.7. The largest absolute Gasteiger partial charge is 0.375 e. The van der Waals surface area contributed by atoms with Crippen molar-refractivity contribution in [2.24, 2.45) is 0 Å². The third-order valence-electron chi connectivity index (χ3n) is 9.28. The van der Waals surface area contributed by atoms with Gasteiger partial charge < -0.3 is 15.1 Å². The minimum absolute atomic E-state index is 0.153. The molecule has 6 rings (SSSR count). The van der Waals surface area contributed by atoms with Gasteiger partial charge in [0.05, 0.1) is 9.82 Å². The second-order valence-electron chi connectivity index (χ2n) is 13.6. The molecule has 0 radical (unpaired) electrons. The molecular weight excluding hydrogens is 756 g/mol. The van der Waals surface area contributed by atoms with Crippen LogP contribution in [0.15, 0.2) is 131 Å². The van der Waals surface area contributed by atoms with E-state index in [0.717, 1.165) is 54.9 Å². The predicted octanol–water partition coefficient (Wildman–Crippen LogP) is 7.49. The Kier molecular flexibility index (Phi) is 13.1. The summed E-state index contributed by atoms with van der Waals surface area (Å²) in [4.78, 5) is 31.9. The number of hydrogen-bond donors (Lipinski definition) is 2. The van der Waals surface area contributed by atoms with Gasteiger partial charge >= 0.3 is 0 Å². The lowest BCUT2D eigenvalue weighted by Crippen LogP contribution is -2.46. The summed E-state index contributed by atoms with van der Waals surface area (Å²) in [7, 11) is -0.601. The molecule has 2 N–H and O–H groups in total. The maximum Gasteiger partial charge on any atom is 0.293 e. The molecule has 0 aliphatic carbocycles. The van der Waals surface area contributed by atoms with Crippen molar-refractivity contribution in [3.8, 4) is 11.1 Å². The van der Waals surface area contributed by atoms with E-state index in [9.17, 15) is 23.3 Å². The topological polar surface area (TPSA) is 128 Å². The van der Waals surface area contributed by atoms with Crippen LogP contribution in [0.3, 0.4) is 0 Å². The second kappa shape index (κ2) is 18.1. The number of hydrogen-bond acceptors (Lipinski definition) is 10. The summed E-state index contributed by atoms with van der Waals surface area (Å²) in [5.74, 6) is -0.213. The maximum absolute atomic E-state index is 13.3. The molecule has 1 aliphatic rings. The molecule has 1 heterocycles. The first-order valence-electron chi connectivity index (χ1n) is 17.8. The van der Waals surface area contributed by atoms with Gasteiger partial charge in [-0.05, 0) is 91.4 Å². The Balaban J connectivity index is 1.06. The quantitative estimate of drug-likeness (QED) is 0.0625. The number of sulfonamides is 1. The molecule has 14 heteroatoms. The summed E-state index contributed by atoms with van der Waals surface area (Å²) in [6.45, 7) is 4.66. The SMILES string of the molecule is CN(C)C[C@@H](CSc1ccccc1)Nc1ccc(S(=O)(=O)NC(=O)c2ccc(N3CCN(Cc4ccccc4-c4ccc(Cl)cc4)CC3)cc2)cc1[N+](=O)[O-]. The smallest absolute Gasteiger partial charge is 0.293 e. The van der Waals surface area contributed by atoms with Crippen molar-refractivity contribution >= 4 is 56.4 Å². The van der Waals surface area contributed by atoms with Crippen molar-refractivity contribution in [3.05, 3.63) is 148 Å². The van der Waals surface area contributed by atoms with E-state index in [0.29, 0.717) is 17.3 Å². The van der Waals surface area contributed by atoms with Crippen LogP contribution in [0.2, 0.25) is 5.02 Å². The van der Waals surface area contributed by atoms with Crippen molar-refractivity contribution in [3.63, 3.8) is 0 Å². The normalized spacial score (nSPS) is 14.1. The molecule has 5 aromatic carbocycles. The number of nitrogens with one attached hydrogen (secondary N) is 2. The molecule has 1 atom stereocenters. The standard InChI is InChI=1S/C41H43ClN6O5S2/c1-45(2)28-34(29-54-36-9-4-3-5-10-36)43-39-21-20-37(26-40(39)48(50)51)55(52,53)44-41(49)31-14-18-35(19-15-31)47-24-22-46(23-25-47)27-32-8-6-7-11-38(32)30-12-16-33(42)17-13-30/h3-21,26,34,43H,22-25,27-29H2,1-2H3,(H,44,49)/t34-/m0/s1. The van der Waals surface area contributed by atoms with E-state index >= 15 is 0 Å². The van der Waals surface area contributed by atoms with Crippen LogP contribution in [0.4, 0.5) is 17.1 Å². The molecule has 0 saturated carbocycles. The zero-order valence-corrected chi connectivity index (χ0v) is 33.0. The van der Waals surface area contributed by atoms with Gasteiger partial charge in [0.2, 0.25) is 0 Å². The van der Waals surface area contributed by atoms with Gasteiger partial charge in [-0.15, -0.1) is 11.8 Å². The molecule has 0 aromatic heterocycles. The number of thioether (sulfide) groups is 1. The summed E-state index contributed by atoms with van der Waals surface area (Å²) in [6, 6.07) is 36.3. The Morgan fingerprint density at radius 3 is 2.24 bits per heavy atom. The van der Waals surface area contributed by atoms with Crippen molar-refractivity contribution < 1.29 is 18.1 Å². The third-order valence-corrected chi connectivity index (χ3v) is 12.0. The molecule has 55 heavy (non-hydrogen) atoms. The molecule has 0 bridgehead atoms. The van der Waals surface area contributed by atoms with Gasteiger partial charge in [0, 0.05) is 78.3 Å². The number of likely N-dealkylation sites (N-methyl/N-ethyl adjacent to an activating group) is 1. The number of benzene rings is 5. The van der Waals surface area contributed by atoms with Crippen LogP contribution in [0.25, 0.3) is 11.1 Å². The van der Waals surface area contributed by atoms with Gasteiger partial charge in [0.1, 0.15) is 5.69 Å². The predicted molar refractivity (Wildman–Crippen MR) is 222 cm³/mol. The lowest BCUT2D eigenvalue weighted by molar-refractivity contribution is -0.384. The highest BCUT2D eigenvalue weighted by molar-refractivity contribution is 7.99. The molecule has 1 fully saturated rings. The first kappa shape index (κ1) is 39.8. The maximum atomic E-state index is 13.3. The number of anilines is 2. The number of nitro groups is 1. The molecule has 286 valence electrons. The molecule has 1 saturated heterocycles. The minimum Gasteiger partial charge on any atom is -0.375 e. The Bertz CT molecular complexity index is 2200. The van der Waals surface area contributed by atoms with Crippen LogP contribution in [0, 0.1) is 10.1 Å². The fraction of sp³-hybridized carbons (Fsp3) is 0.244. The molecule has 5 aromatic rings. The van der Waals surface area contributed by atoms with E-state index in [2.05, 4.69) is 38.0 Å². The molecule has 0 unspecified atom stereocenters. The fourth-order valence-corrected chi connectivity index (χ4v) is 8.56. The zero-order valence-electron chi connectivity index (χ0n) is 30.6. The highest BCUT2D eigenvalue weighted by atomic mass is 35.5. The molecular formula is C41H43ClN6O5S2. The lowest BCUT2D eigenvalue weighted by atomic mass is 9.99. The van der Waals surface area contributed by atoms with Crippen molar-refractivity contribution in [1.29, 1.82) is 0 Å². The van der Waals surface area contributed by atoms with Crippen LogP contribution in [0.1, 0.15) is 15.9 Å². The number of rotatable bonds is 15. The lowest BCUT2D eigenvalue weighted by Gasteiger charge is -2.36. The summed E-state index contributed by atoms with van der Waals surface area (Å²) >= 11 is 7.73. The molecule has 1 aliphatic heterocycles. The van der Waals surface area contributed by atoms with Gasteiger partial charge in [-0.25, -0.2) is 13.1 Å². The summed E-state index contributed by atoms with van der Waals surface area (Å²) < 4.78 is 28.7. The van der Waals surface area contributed by atoms with Crippen molar-refractivity contribution in [2.75, 3.05) is 62.8 Å². The monoisotopic (exact) mass is 798 g/mol. The van der Waals surface area contributed by atoms with E-state index in [-0.39, 0.29) is 22.2 Å². The third kappa shape index (κ3) is 10.6. The Labute approximate surface area is 331 Å². The van der Waals surface area contributed by atoms with Crippen LogP contribution >= 0.6 is 23.4 Å². The van der Waals surface area contributed by atoms with E-state index in [1.807, 2.05) is 79.7 Å². The van der Waals surface area contributed by atoms with E-state index < -0.39 is 26.5 Å².